The highest BCUT2D eigenvalue weighted by Crippen LogP contribution is 2.28. The monoisotopic (exact) mass is 567 g/mol. The molecule has 0 heterocycles. The van der Waals surface area contributed by atoms with Gasteiger partial charge in [-0.3, -0.25) is 14.4 Å². The van der Waals surface area contributed by atoms with E-state index in [1.807, 2.05) is 32.0 Å². The fourth-order valence-electron chi connectivity index (χ4n) is 2.64. The molecule has 0 fully saturated rings. The van der Waals surface area contributed by atoms with Crippen LogP contribution < -0.4 is 16.5 Å². The summed E-state index contributed by atoms with van der Waals surface area (Å²) in [7, 11) is 0. The van der Waals surface area contributed by atoms with Crippen LogP contribution >= 0.6 is 22.6 Å². The molecule has 3 rings (SSSR count). The zero-order chi connectivity index (χ0) is 24.4. The van der Waals surface area contributed by atoms with Crippen molar-refractivity contribution in [3.8, 4) is 0 Å². The maximum atomic E-state index is 14.2. The number of benzene rings is 3. The largest absolute Gasteiger partial charge is 0.366 e. The minimum Gasteiger partial charge on any atom is -0.366 e. The van der Waals surface area contributed by atoms with Crippen molar-refractivity contribution >= 4 is 45.8 Å². The Hall–Kier alpha value is -3.05. The minimum atomic E-state index is -1.11. The average Bonchev–Trinajstić information content (AvgIpc) is 2.79. The Balaban J connectivity index is 0.000000357. The molecular formula is C24H24F2IN3O3. The fourth-order valence-corrected chi connectivity index (χ4v) is 3.29. The first-order valence-electron chi connectivity index (χ1n) is 10.0. The molecule has 3 aromatic rings. The molecule has 0 aliphatic heterocycles. The summed E-state index contributed by atoms with van der Waals surface area (Å²) in [4.78, 5) is 27.6. The predicted molar refractivity (Wildman–Crippen MR) is 132 cm³/mol. The fraction of sp³-hybridized carbons (Fsp3) is 0.167. The highest BCUT2D eigenvalue weighted by Gasteiger charge is 2.19. The molecular weight excluding hydrogens is 543 g/mol. The van der Waals surface area contributed by atoms with E-state index in [1.54, 1.807) is 30.3 Å². The molecule has 0 bridgehead atoms. The van der Waals surface area contributed by atoms with Crippen LogP contribution in [0.2, 0.25) is 0 Å². The summed E-state index contributed by atoms with van der Waals surface area (Å²) in [5.74, 6) is -3.17. The van der Waals surface area contributed by atoms with E-state index in [0.717, 1.165) is 15.2 Å². The predicted octanol–water partition coefficient (Wildman–Crippen LogP) is 5.48. The Labute approximate surface area is 204 Å². The number of anilines is 2. The first-order chi connectivity index (χ1) is 15.7. The number of hydrogen-bond donors (Lipinski definition) is 3. The van der Waals surface area contributed by atoms with E-state index in [-0.39, 0.29) is 17.2 Å². The van der Waals surface area contributed by atoms with Crippen LogP contribution in [0.3, 0.4) is 0 Å². The molecule has 3 aromatic carbocycles. The van der Waals surface area contributed by atoms with Gasteiger partial charge in [-0.2, -0.15) is 0 Å². The van der Waals surface area contributed by atoms with Crippen LogP contribution in [0.5, 0.6) is 0 Å². The lowest BCUT2D eigenvalue weighted by molar-refractivity contribution is 0.0315. The van der Waals surface area contributed by atoms with Gasteiger partial charge >= 0.3 is 0 Å². The van der Waals surface area contributed by atoms with Crippen molar-refractivity contribution in [3.05, 3.63) is 92.6 Å². The van der Waals surface area contributed by atoms with Gasteiger partial charge in [-0.25, -0.2) is 14.3 Å². The molecule has 0 aliphatic rings. The Kier molecular flexibility index (Phi) is 10.2. The van der Waals surface area contributed by atoms with Gasteiger partial charge in [0.2, 0.25) is 5.91 Å². The molecule has 0 aliphatic carbocycles. The third-order valence-corrected chi connectivity index (χ3v) is 4.99. The van der Waals surface area contributed by atoms with E-state index in [2.05, 4.69) is 33.4 Å². The second kappa shape index (κ2) is 12.9. The summed E-state index contributed by atoms with van der Waals surface area (Å²) in [6.45, 7) is 4.05. The van der Waals surface area contributed by atoms with Crippen LogP contribution in [-0.4, -0.2) is 18.4 Å². The van der Waals surface area contributed by atoms with Crippen LogP contribution in [0.15, 0.2) is 60.7 Å². The van der Waals surface area contributed by atoms with E-state index in [9.17, 15) is 18.4 Å². The van der Waals surface area contributed by atoms with Gasteiger partial charge in [-0.1, -0.05) is 25.1 Å². The van der Waals surface area contributed by atoms with Crippen LogP contribution in [0.4, 0.5) is 20.2 Å². The number of carbonyl (C=O) groups excluding carboxylic acids is 2. The third-order valence-electron chi connectivity index (χ3n) is 4.32. The lowest BCUT2D eigenvalue weighted by Gasteiger charge is -2.15. The van der Waals surface area contributed by atoms with Gasteiger partial charge in [0.05, 0.1) is 17.9 Å². The molecule has 4 N–H and O–H groups in total. The van der Waals surface area contributed by atoms with Gasteiger partial charge in [0.1, 0.15) is 0 Å². The van der Waals surface area contributed by atoms with E-state index >= 15 is 0 Å². The van der Waals surface area contributed by atoms with E-state index < -0.39 is 17.5 Å². The van der Waals surface area contributed by atoms with Gasteiger partial charge in [-0.05, 0) is 84.0 Å². The second-order valence-electron chi connectivity index (χ2n) is 6.88. The minimum absolute atomic E-state index is 0.0389. The summed E-state index contributed by atoms with van der Waals surface area (Å²) in [6.07, 6.45) is 0.713. The van der Waals surface area contributed by atoms with Gasteiger partial charge in [-0.15, -0.1) is 0 Å². The molecule has 0 spiro atoms. The van der Waals surface area contributed by atoms with Crippen molar-refractivity contribution in [2.24, 2.45) is 5.73 Å². The Morgan fingerprint density at radius 1 is 1.06 bits per heavy atom. The quantitative estimate of drug-likeness (QED) is 0.200. The zero-order valence-electron chi connectivity index (χ0n) is 18.1. The first-order valence-corrected chi connectivity index (χ1v) is 11.1. The van der Waals surface area contributed by atoms with Crippen LogP contribution in [0, 0.1) is 22.1 Å². The highest BCUT2D eigenvalue weighted by atomic mass is 127. The van der Waals surface area contributed by atoms with Gasteiger partial charge in [0.25, 0.3) is 5.91 Å². The van der Waals surface area contributed by atoms with Gasteiger partial charge in [0, 0.05) is 14.8 Å². The summed E-state index contributed by atoms with van der Waals surface area (Å²) in [6, 6.07) is 16.4. The van der Waals surface area contributed by atoms with Crippen molar-refractivity contribution in [2.75, 3.05) is 11.9 Å². The molecule has 0 saturated carbocycles. The summed E-state index contributed by atoms with van der Waals surface area (Å²) >= 11 is 2.16. The standard InChI is InChI=1S/C17H17F2IN2O2.C7H7NO/c1-3-8-24-22-17(23)12-5-6-13(18)15(19)16(12)21-14-7-4-11(20)9-10(14)2;8-7(9)6-4-2-1-3-5-6/h4-7,9,21H,3,8H2,1-2H3,(H,22,23);1-5H,(H2,8,9). The number of nitrogens with two attached hydrogens (primary N) is 1. The van der Waals surface area contributed by atoms with Gasteiger partial charge in [0.15, 0.2) is 11.6 Å². The Morgan fingerprint density at radius 2 is 1.76 bits per heavy atom. The van der Waals surface area contributed by atoms with Crippen LogP contribution in [-0.2, 0) is 4.84 Å². The number of amides is 2. The van der Waals surface area contributed by atoms with Crippen molar-refractivity contribution in [2.45, 2.75) is 20.3 Å². The van der Waals surface area contributed by atoms with E-state index in [1.165, 1.54) is 6.07 Å². The smallest absolute Gasteiger partial charge is 0.277 e. The molecule has 0 saturated heterocycles. The third kappa shape index (κ3) is 7.79. The number of rotatable bonds is 7. The molecule has 0 atom stereocenters. The molecule has 0 unspecified atom stereocenters. The van der Waals surface area contributed by atoms with Crippen molar-refractivity contribution in [3.63, 3.8) is 0 Å². The summed E-state index contributed by atoms with van der Waals surface area (Å²) in [5, 5.41) is 2.81. The molecule has 174 valence electrons. The Morgan fingerprint density at radius 3 is 2.33 bits per heavy atom. The zero-order valence-corrected chi connectivity index (χ0v) is 20.3. The molecule has 2 amide bonds. The summed E-state index contributed by atoms with van der Waals surface area (Å²) < 4.78 is 28.9. The summed E-state index contributed by atoms with van der Waals surface area (Å²) in [5.41, 5.74) is 8.92. The van der Waals surface area contributed by atoms with E-state index in [0.29, 0.717) is 24.3 Å². The van der Waals surface area contributed by atoms with Crippen LogP contribution in [0.1, 0.15) is 39.6 Å². The number of hydroxylamine groups is 1. The van der Waals surface area contributed by atoms with Crippen molar-refractivity contribution in [1.29, 1.82) is 0 Å². The highest BCUT2D eigenvalue weighted by molar-refractivity contribution is 14.1. The maximum Gasteiger partial charge on any atom is 0.277 e. The molecule has 6 nitrogen and oxygen atoms in total. The lowest BCUT2D eigenvalue weighted by atomic mass is 10.1. The number of aryl methyl sites for hydroxylation is 1. The molecule has 9 heteroatoms. The molecule has 0 aromatic heterocycles. The van der Waals surface area contributed by atoms with Gasteiger partial charge < -0.3 is 11.1 Å². The number of nitrogens with one attached hydrogen (secondary N) is 2. The number of carbonyl (C=O) groups is 2. The van der Waals surface area contributed by atoms with E-state index in [4.69, 9.17) is 10.6 Å². The van der Waals surface area contributed by atoms with Crippen LogP contribution in [0.25, 0.3) is 0 Å². The SMILES string of the molecule is CCCONC(=O)c1ccc(F)c(F)c1Nc1ccc(I)cc1C.NC(=O)c1ccccc1. The van der Waals surface area contributed by atoms with Crippen molar-refractivity contribution < 1.29 is 23.2 Å². The average molecular weight is 567 g/mol. The molecule has 0 radical (unpaired) electrons. The normalized spacial score (nSPS) is 10.1. The topological polar surface area (TPSA) is 93.4 Å². The number of primary amides is 1. The first kappa shape index (κ1) is 26.2. The molecule has 33 heavy (non-hydrogen) atoms. The Bertz CT molecular complexity index is 1110. The number of hydrogen-bond acceptors (Lipinski definition) is 4. The second-order valence-corrected chi connectivity index (χ2v) is 8.12. The van der Waals surface area contributed by atoms with Crippen molar-refractivity contribution in [1.82, 2.24) is 5.48 Å². The maximum absolute atomic E-state index is 14.2. The lowest BCUT2D eigenvalue weighted by Crippen LogP contribution is -2.25. The number of halogens is 3.